The van der Waals surface area contributed by atoms with Crippen molar-refractivity contribution in [2.24, 2.45) is 0 Å². The van der Waals surface area contributed by atoms with Crippen molar-refractivity contribution in [3.05, 3.63) is 51.9 Å². The molecule has 0 saturated carbocycles. The summed E-state index contributed by atoms with van der Waals surface area (Å²) in [5.74, 6) is -0.376. The van der Waals surface area contributed by atoms with Gasteiger partial charge in [0.25, 0.3) is 0 Å². The fraction of sp³-hybridized carbons (Fsp3) is 0.0769. The van der Waals surface area contributed by atoms with Crippen LogP contribution in [0.15, 0.2) is 34.8 Å². The number of aromatic nitrogens is 1. The van der Waals surface area contributed by atoms with E-state index < -0.39 is 5.82 Å². The largest absolute Gasteiger partial charge is 0.435 e. The quantitative estimate of drug-likeness (QED) is 0.843. The minimum Gasteiger partial charge on any atom is -0.435 e. The highest BCUT2D eigenvalue weighted by Crippen LogP contribution is 2.28. The molecule has 0 aliphatic rings. The maximum atomic E-state index is 13.5. The standard InChI is InChI=1S/C13H8BrFN2O/c1-8-2-3-9(7-16)13(17-8)18-12-6-10(14)4-5-11(12)15/h2-6H,1H3. The van der Waals surface area contributed by atoms with Crippen LogP contribution in [0.3, 0.4) is 0 Å². The van der Waals surface area contributed by atoms with Gasteiger partial charge < -0.3 is 4.74 Å². The fourth-order valence-electron chi connectivity index (χ4n) is 1.36. The Morgan fingerprint density at radius 3 is 2.83 bits per heavy atom. The molecule has 90 valence electrons. The molecule has 0 aliphatic heterocycles. The molecule has 5 heteroatoms. The first kappa shape index (κ1) is 12.5. The fourth-order valence-corrected chi connectivity index (χ4v) is 1.70. The molecule has 0 radical (unpaired) electrons. The number of benzene rings is 1. The first-order valence-electron chi connectivity index (χ1n) is 5.11. The minimum atomic E-state index is -0.509. The molecule has 1 aromatic heterocycles. The van der Waals surface area contributed by atoms with Gasteiger partial charge in [0, 0.05) is 10.2 Å². The Morgan fingerprint density at radius 1 is 1.33 bits per heavy atom. The third-order valence-corrected chi connectivity index (χ3v) is 2.71. The normalized spacial score (nSPS) is 9.89. The maximum absolute atomic E-state index is 13.5. The van der Waals surface area contributed by atoms with E-state index in [1.807, 2.05) is 6.07 Å². The van der Waals surface area contributed by atoms with Gasteiger partial charge in [-0.25, -0.2) is 9.37 Å². The van der Waals surface area contributed by atoms with Gasteiger partial charge >= 0.3 is 0 Å². The lowest BCUT2D eigenvalue weighted by Gasteiger charge is -2.08. The molecule has 0 unspecified atom stereocenters. The number of nitrogens with zero attached hydrogens (tertiary/aromatic N) is 2. The van der Waals surface area contributed by atoms with Crippen LogP contribution < -0.4 is 4.74 Å². The number of hydrogen-bond donors (Lipinski definition) is 0. The van der Waals surface area contributed by atoms with Gasteiger partial charge in [0.05, 0.1) is 0 Å². The summed E-state index contributed by atoms with van der Waals surface area (Å²) in [5, 5.41) is 8.94. The molecule has 0 aliphatic carbocycles. The monoisotopic (exact) mass is 306 g/mol. The highest BCUT2D eigenvalue weighted by atomic mass is 79.9. The predicted molar refractivity (Wildman–Crippen MR) is 67.9 cm³/mol. The van der Waals surface area contributed by atoms with Crippen LogP contribution in [0.4, 0.5) is 4.39 Å². The number of pyridine rings is 1. The summed E-state index contributed by atoms with van der Waals surface area (Å²) in [6.07, 6.45) is 0. The van der Waals surface area contributed by atoms with Crippen LogP contribution in [0.25, 0.3) is 0 Å². The Morgan fingerprint density at radius 2 is 2.11 bits per heavy atom. The average molecular weight is 307 g/mol. The molecule has 0 atom stereocenters. The number of halogens is 2. The highest BCUT2D eigenvalue weighted by molar-refractivity contribution is 9.10. The summed E-state index contributed by atoms with van der Waals surface area (Å²) in [5.41, 5.74) is 0.958. The molecule has 2 rings (SSSR count). The van der Waals surface area contributed by atoms with E-state index in [0.717, 1.165) is 0 Å². The molecule has 0 spiro atoms. The van der Waals surface area contributed by atoms with Crippen molar-refractivity contribution in [1.82, 2.24) is 4.98 Å². The molecule has 2 aromatic rings. The van der Waals surface area contributed by atoms with Crippen molar-refractivity contribution in [1.29, 1.82) is 5.26 Å². The summed E-state index contributed by atoms with van der Waals surface area (Å²) in [6.45, 7) is 1.77. The van der Waals surface area contributed by atoms with Gasteiger partial charge in [-0.3, -0.25) is 0 Å². The molecular weight excluding hydrogens is 299 g/mol. The van der Waals surface area contributed by atoms with Gasteiger partial charge in [-0.1, -0.05) is 15.9 Å². The van der Waals surface area contributed by atoms with Crippen LogP contribution >= 0.6 is 15.9 Å². The van der Waals surface area contributed by atoms with Crippen molar-refractivity contribution >= 4 is 15.9 Å². The van der Waals surface area contributed by atoms with Crippen LogP contribution in [-0.2, 0) is 0 Å². The smallest absolute Gasteiger partial charge is 0.237 e. The van der Waals surface area contributed by atoms with Crippen molar-refractivity contribution < 1.29 is 9.13 Å². The lowest BCUT2D eigenvalue weighted by atomic mass is 10.2. The maximum Gasteiger partial charge on any atom is 0.237 e. The number of hydrogen-bond acceptors (Lipinski definition) is 3. The molecular formula is C13H8BrFN2O. The summed E-state index contributed by atoms with van der Waals surface area (Å²) in [6, 6.07) is 9.58. The SMILES string of the molecule is Cc1ccc(C#N)c(Oc2cc(Br)ccc2F)n1. The Balaban J connectivity index is 2.43. The Hall–Kier alpha value is -1.93. The topological polar surface area (TPSA) is 45.9 Å². The lowest BCUT2D eigenvalue weighted by Crippen LogP contribution is -1.95. The van der Waals surface area contributed by atoms with Gasteiger partial charge in [0.1, 0.15) is 11.6 Å². The van der Waals surface area contributed by atoms with Gasteiger partial charge in [-0.05, 0) is 37.3 Å². The van der Waals surface area contributed by atoms with Gasteiger partial charge in [0.2, 0.25) is 5.88 Å². The van der Waals surface area contributed by atoms with E-state index in [0.29, 0.717) is 10.2 Å². The first-order chi connectivity index (χ1) is 8.60. The van der Waals surface area contributed by atoms with Crippen LogP contribution in [0.1, 0.15) is 11.3 Å². The van der Waals surface area contributed by atoms with Gasteiger partial charge in [-0.2, -0.15) is 5.26 Å². The van der Waals surface area contributed by atoms with E-state index >= 15 is 0 Å². The van der Waals surface area contributed by atoms with Crippen LogP contribution in [0.5, 0.6) is 11.6 Å². The molecule has 0 bridgehead atoms. The molecule has 1 heterocycles. The zero-order valence-corrected chi connectivity index (χ0v) is 11.0. The number of ether oxygens (including phenoxy) is 1. The zero-order valence-electron chi connectivity index (χ0n) is 9.45. The van der Waals surface area contributed by atoms with Gasteiger partial charge in [-0.15, -0.1) is 0 Å². The van der Waals surface area contributed by atoms with Gasteiger partial charge in [0.15, 0.2) is 11.6 Å². The molecule has 1 aromatic carbocycles. The third kappa shape index (κ3) is 2.66. The molecule has 0 fully saturated rings. The average Bonchev–Trinajstić information content (AvgIpc) is 2.34. The van der Waals surface area contributed by atoms with E-state index in [-0.39, 0.29) is 17.2 Å². The summed E-state index contributed by atoms with van der Waals surface area (Å²) in [4.78, 5) is 4.08. The first-order valence-corrected chi connectivity index (χ1v) is 5.90. The predicted octanol–water partition coefficient (Wildman–Crippen LogP) is 3.96. The Labute approximate surface area is 112 Å². The van der Waals surface area contributed by atoms with Crippen molar-refractivity contribution in [2.75, 3.05) is 0 Å². The van der Waals surface area contributed by atoms with Crippen LogP contribution in [0.2, 0.25) is 0 Å². The Kier molecular flexibility index (Phi) is 3.58. The number of rotatable bonds is 2. The second kappa shape index (κ2) is 5.15. The molecule has 0 saturated heterocycles. The summed E-state index contributed by atoms with van der Waals surface area (Å²) < 4.78 is 19.6. The highest BCUT2D eigenvalue weighted by Gasteiger charge is 2.10. The Bertz CT molecular complexity index is 637. The number of aryl methyl sites for hydroxylation is 1. The van der Waals surface area contributed by atoms with E-state index in [1.165, 1.54) is 12.1 Å². The van der Waals surface area contributed by atoms with E-state index in [4.69, 9.17) is 10.00 Å². The molecule has 0 N–H and O–H groups in total. The summed E-state index contributed by atoms with van der Waals surface area (Å²) >= 11 is 3.23. The zero-order chi connectivity index (χ0) is 13.1. The summed E-state index contributed by atoms with van der Waals surface area (Å²) in [7, 11) is 0. The van der Waals surface area contributed by atoms with Crippen LogP contribution in [-0.4, -0.2) is 4.98 Å². The third-order valence-electron chi connectivity index (χ3n) is 2.22. The number of nitriles is 1. The van der Waals surface area contributed by atoms with Crippen LogP contribution in [0, 0.1) is 24.1 Å². The van der Waals surface area contributed by atoms with E-state index in [2.05, 4.69) is 20.9 Å². The second-order valence-electron chi connectivity index (χ2n) is 3.59. The van der Waals surface area contributed by atoms with E-state index in [9.17, 15) is 4.39 Å². The molecule has 3 nitrogen and oxygen atoms in total. The van der Waals surface area contributed by atoms with Crippen molar-refractivity contribution in [3.63, 3.8) is 0 Å². The molecule has 0 amide bonds. The molecule has 18 heavy (non-hydrogen) atoms. The van der Waals surface area contributed by atoms with E-state index in [1.54, 1.807) is 25.1 Å². The van der Waals surface area contributed by atoms with Crippen molar-refractivity contribution in [2.45, 2.75) is 6.92 Å². The van der Waals surface area contributed by atoms with Crippen molar-refractivity contribution in [3.8, 4) is 17.7 Å². The lowest BCUT2D eigenvalue weighted by molar-refractivity contribution is 0.425. The minimum absolute atomic E-state index is 0.0268. The second-order valence-corrected chi connectivity index (χ2v) is 4.51.